The van der Waals surface area contributed by atoms with Gasteiger partial charge in [0.2, 0.25) is 0 Å². The molecule has 2 nitrogen and oxygen atoms in total. The van der Waals surface area contributed by atoms with Crippen LogP contribution in [0.3, 0.4) is 0 Å². The number of rotatable bonds is 4. The maximum absolute atomic E-state index is 13.6. The fourth-order valence-corrected chi connectivity index (χ4v) is 3.56. The normalized spacial score (nSPS) is 17.4. The molecule has 0 radical (unpaired) electrons. The maximum atomic E-state index is 13.6. The zero-order valence-electron chi connectivity index (χ0n) is 10.5. The number of carbonyl (C=O) groups excluding carboxylic acids is 1. The van der Waals surface area contributed by atoms with Crippen molar-refractivity contribution in [3.05, 3.63) is 34.6 Å². The van der Waals surface area contributed by atoms with Gasteiger partial charge < -0.3 is 5.32 Å². The molecule has 0 saturated heterocycles. The first-order valence-electron chi connectivity index (χ1n) is 6.36. The molecule has 1 aromatic rings. The Morgan fingerprint density at radius 1 is 1.42 bits per heavy atom. The van der Waals surface area contributed by atoms with Crippen molar-refractivity contribution in [1.82, 2.24) is 5.32 Å². The van der Waals surface area contributed by atoms with E-state index in [4.69, 9.17) is 11.6 Å². The van der Waals surface area contributed by atoms with Crippen LogP contribution in [0.15, 0.2) is 18.2 Å². The van der Waals surface area contributed by atoms with Gasteiger partial charge in [0.1, 0.15) is 5.82 Å². The second kappa shape index (κ2) is 6.23. The van der Waals surface area contributed by atoms with E-state index in [1.54, 1.807) is 0 Å². The molecule has 1 N–H and O–H groups in total. The van der Waals surface area contributed by atoms with Gasteiger partial charge in [0, 0.05) is 11.9 Å². The van der Waals surface area contributed by atoms with Crippen LogP contribution in [0, 0.1) is 11.2 Å². The topological polar surface area (TPSA) is 29.1 Å². The van der Waals surface area contributed by atoms with Gasteiger partial charge in [0.15, 0.2) is 0 Å². The molecule has 2 rings (SSSR count). The summed E-state index contributed by atoms with van der Waals surface area (Å²) in [6.07, 6.45) is 4.54. The van der Waals surface area contributed by atoms with Crippen molar-refractivity contribution in [2.75, 3.05) is 11.9 Å². The molecule has 5 heteroatoms. The summed E-state index contributed by atoms with van der Waals surface area (Å²) in [6, 6.07) is 4.26. The molecule has 0 heterocycles. The van der Waals surface area contributed by atoms with E-state index < -0.39 is 11.7 Å². The van der Waals surface area contributed by atoms with Gasteiger partial charge in [-0.3, -0.25) is 4.79 Å². The van der Waals surface area contributed by atoms with Crippen molar-refractivity contribution in [3.8, 4) is 0 Å². The van der Waals surface area contributed by atoms with Crippen molar-refractivity contribution in [3.63, 3.8) is 0 Å². The van der Waals surface area contributed by atoms with Crippen molar-refractivity contribution in [2.24, 2.45) is 5.41 Å². The lowest BCUT2D eigenvalue weighted by Gasteiger charge is -2.26. The molecule has 0 unspecified atom stereocenters. The van der Waals surface area contributed by atoms with Crippen molar-refractivity contribution >= 4 is 33.4 Å². The first-order valence-corrected chi connectivity index (χ1v) is 7.86. The number of hydrogen-bond acceptors (Lipinski definition) is 1. The number of nitrogens with one attached hydrogen (secondary N) is 1. The van der Waals surface area contributed by atoms with Crippen LogP contribution in [-0.4, -0.2) is 17.8 Å². The molecule has 1 amide bonds. The van der Waals surface area contributed by atoms with Crippen LogP contribution < -0.4 is 5.32 Å². The first-order chi connectivity index (χ1) is 9.08. The van der Waals surface area contributed by atoms with Gasteiger partial charge in [-0.05, 0) is 30.4 Å². The summed E-state index contributed by atoms with van der Waals surface area (Å²) >= 11 is 9.40. The Kier molecular flexibility index (Phi) is 4.85. The van der Waals surface area contributed by atoms with Gasteiger partial charge in [0.05, 0.1) is 10.6 Å². The lowest BCUT2D eigenvalue weighted by molar-refractivity contribution is 0.0931. The van der Waals surface area contributed by atoms with Crippen molar-refractivity contribution in [2.45, 2.75) is 25.7 Å². The molecule has 0 spiro atoms. The second-order valence-corrected chi connectivity index (χ2v) is 6.09. The van der Waals surface area contributed by atoms with Gasteiger partial charge in [-0.1, -0.05) is 46.4 Å². The van der Waals surface area contributed by atoms with Crippen LogP contribution in [0.5, 0.6) is 0 Å². The molecule has 0 atom stereocenters. The Hall–Kier alpha value is -0.610. The molecule has 0 aromatic heterocycles. The quantitative estimate of drug-likeness (QED) is 0.813. The van der Waals surface area contributed by atoms with Crippen LogP contribution in [0.4, 0.5) is 4.39 Å². The van der Waals surface area contributed by atoms with Gasteiger partial charge in [-0.15, -0.1) is 0 Å². The highest BCUT2D eigenvalue weighted by Crippen LogP contribution is 2.39. The average Bonchev–Trinajstić information content (AvgIpc) is 2.86. The largest absolute Gasteiger partial charge is 0.351 e. The lowest BCUT2D eigenvalue weighted by atomic mass is 9.89. The third-order valence-corrected chi connectivity index (χ3v) is 5.27. The number of carbonyl (C=O) groups is 1. The van der Waals surface area contributed by atoms with Gasteiger partial charge >= 0.3 is 0 Å². The molecule has 19 heavy (non-hydrogen) atoms. The van der Waals surface area contributed by atoms with Gasteiger partial charge in [-0.25, -0.2) is 4.39 Å². The minimum Gasteiger partial charge on any atom is -0.351 e. The van der Waals surface area contributed by atoms with Crippen molar-refractivity contribution in [1.29, 1.82) is 0 Å². The van der Waals surface area contributed by atoms with E-state index in [-0.39, 0.29) is 16.0 Å². The molecular weight excluding hydrogens is 333 g/mol. The van der Waals surface area contributed by atoms with E-state index in [0.717, 1.165) is 18.2 Å². The molecule has 1 saturated carbocycles. The van der Waals surface area contributed by atoms with E-state index in [1.807, 2.05) is 0 Å². The maximum Gasteiger partial charge on any atom is 0.255 e. The highest BCUT2D eigenvalue weighted by Gasteiger charge is 2.33. The number of amides is 1. The monoisotopic (exact) mass is 347 g/mol. The Morgan fingerprint density at radius 3 is 2.68 bits per heavy atom. The Labute approximate surface area is 125 Å². The smallest absolute Gasteiger partial charge is 0.255 e. The highest BCUT2D eigenvalue weighted by molar-refractivity contribution is 9.09. The average molecular weight is 349 g/mol. The SMILES string of the molecule is O=C(NCC1(CBr)CCCC1)c1c(F)cccc1Cl. The molecule has 1 aromatic carbocycles. The van der Waals surface area contributed by atoms with Crippen LogP contribution in [0.2, 0.25) is 5.02 Å². The number of alkyl halides is 1. The number of halogens is 3. The van der Waals surface area contributed by atoms with E-state index in [1.165, 1.54) is 31.0 Å². The molecule has 1 aliphatic carbocycles. The third kappa shape index (κ3) is 3.29. The third-order valence-electron chi connectivity index (χ3n) is 3.76. The minimum atomic E-state index is -0.579. The minimum absolute atomic E-state index is 0.0631. The van der Waals surface area contributed by atoms with Gasteiger partial charge in [0.25, 0.3) is 5.91 Å². The van der Waals surface area contributed by atoms with E-state index >= 15 is 0 Å². The Balaban J connectivity index is 2.05. The fraction of sp³-hybridized carbons (Fsp3) is 0.500. The van der Waals surface area contributed by atoms with E-state index in [2.05, 4.69) is 21.2 Å². The Morgan fingerprint density at radius 2 is 2.11 bits per heavy atom. The molecule has 0 aliphatic heterocycles. The molecule has 1 fully saturated rings. The van der Waals surface area contributed by atoms with Gasteiger partial charge in [-0.2, -0.15) is 0 Å². The van der Waals surface area contributed by atoms with Crippen LogP contribution in [0.1, 0.15) is 36.0 Å². The molecule has 0 bridgehead atoms. The number of hydrogen-bond donors (Lipinski definition) is 1. The summed E-state index contributed by atoms with van der Waals surface area (Å²) in [5, 5.41) is 3.82. The summed E-state index contributed by atoms with van der Waals surface area (Å²) in [6.45, 7) is 0.557. The zero-order chi connectivity index (χ0) is 13.9. The number of benzene rings is 1. The predicted molar refractivity (Wildman–Crippen MR) is 78.4 cm³/mol. The van der Waals surface area contributed by atoms with Crippen LogP contribution in [0.25, 0.3) is 0 Å². The molecule has 104 valence electrons. The zero-order valence-corrected chi connectivity index (χ0v) is 12.9. The second-order valence-electron chi connectivity index (χ2n) is 5.12. The molecular formula is C14H16BrClFNO. The fourth-order valence-electron chi connectivity index (χ4n) is 2.55. The highest BCUT2D eigenvalue weighted by atomic mass is 79.9. The predicted octanol–water partition coefficient (Wildman–Crippen LogP) is 4.16. The summed E-state index contributed by atoms with van der Waals surface area (Å²) < 4.78 is 13.6. The summed E-state index contributed by atoms with van der Waals surface area (Å²) in [5.74, 6) is -1.01. The first kappa shape index (κ1) is 14.8. The van der Waals surface area contributed by atoms with Crippen LogP contribution in [-0.2, 0) is 0 Å². The van der Waals surface area contributed by atoms with E-state index in [0.29, 0.717) is 6.54 Å². The lowest BCUT2D eigenvalue weighted by Crippen LogP contribution is -2.37. The Bertz CT molecular complexity index is 454. The van der Waals surface area contributed by atoms with Crippen LogP contribution >= 0.6 is 27.5 Å². The summed E-state index contributed by atoms with van der Waals surface area (Å²) in [4.78, 5) is 12.1. The van der Waals surface area contributed by atoms with E-state index in [9.17, 15) is 9.18 Å². The summed E-state index contributed by atoms with van der Waals surface area (Å²) in [5.41, 5.74) is 0.0415. The summed E-state index contributed by atoms with van der Waals surface area (Å²) in [7, 11) is 0. The van der Waals surface area contributed by atoms with Crippen molar-refractivity contribution < 1.29 is 9.18 Å². The molecule has 1 aliphatic rings. The standard InChI is InChI=1S/C14H16BrClFNO/c15-8-14(6-1-2-7-14)9-18-13(19)12-10(16)4-3-5-11(12)17/h3-5H,1-2,6-9H2,(H,18,19).